The molecule has 16 heavy (non-hydrogen) atoms. The van der Waals surface area contributed by atoms with E-state index in [4.69, 9.17) is 11.6 Å². The summed E-state index contributed by atoms with van der Waals surface area (Å²) in [6.07, 6.45) is 3.43. The molecule has 2 aliphatic heterocycles. The number of halogens is 1. The summed E-state index contributed by atoms with van der Waals surface area (Å²) in [6.45, 7) is 1.65. The van der Waals surface area contributed by atoms with Crippen LogP contribution in [0.4, 0.5) is 5.82 Å². The number of nitrogens with zero attached hydrogens (tertiary/aromatic N) is 1. The van der Waals surface area contributed by atoms with Crippen molar-refractivity contribution in [2.75, 3.05) is 18.4 Å². The highest BCUT2D eigenvalue weighted by Gasteiger charge is 2.48. The fraction of sp³-hybridized carbons (Fsp3) is 0.455. The number of aromatic nitrogens is 1. The van der Waals surface area contributed by atoms with Gasteiger partial charge in [0.25, 0.3) is 0 Å². The number of carbonyl (C=O) groups is 1. The molecule has 5 heteroatoms. The van der Waals surface area contributed by atoms with Gasteiger partial charge in [0.05, 0.1) is 10.4 Å². The van der Waals surface area contributed by atoms with Crippen LogP contribution in [0, 0.1) is 0 Å². The third kappa shape index (κ3) is 1.26. The second-order valence-corrected chi connectivity index (χ2v) is 4.80. The Hall–Kier alpha value is -1.13. The first-order chi connectivity index (χ1) is 7.72. The van der Waals surface area contributed by atoms with Gasteiger partial charge in [-0.05, 0) is 25.5 Å². The minimum atomic E-state index is -0.453. The summed E-state index contributed by atoms with van der Waals surface area (Å²) in [5.74, 6) is 0.711. The molecule has 0 aliphatic carbocycles. The Kier molecular flexibility index (Phi) is 2.16. The molecule has 1 atom stereocenters. The van der Waals surface area contributed by atoms with Crippen LogP contribution >= 0.6 is 11.6 Å². The van der Waals surface area contributed by atoms with Crippen LogP contribution in [0.25, 0.3) is 0 Å². The van der Waals surface area contributed by atoms with Crippen molar-refractivity contribution in [2.24, 2.45) is 0 Å². The smallest absolute Gasteiger partial charge is 0.237 e. The van der Waals surface area contributed by atoms with Crippen molar-refractivity contribution >= 4 is 23.3 Å². The molecule has 2 N–H and O–H groups in total. The second kappa shape index (κ2) is 3.43. The summed E-state index contributed by atoms with van der Waals surface area (Å²) < 4.78 is 0. The summed E-state index contributed by atoms with van der Waals surface area (Å²) in [6, 6.07) is 1.86. The van der Waals surface area contributed by atoms with Crippen LogP contribution in [0.2, 0.25) is 5.02 Å². The minimum absolute atomic E-state index is 0.0458. The normalized spacial score (nSPS) is 27.9. The first kappa shape index (κ1) is 10.1. The predicted molar refractivity (Wildman–Crippen MR) is 61.7 cm³/mol. The SMILES string of the molecule is O=C1Nc2ncc(Cl)cc2C12CCCNC2. The number of hydrogen-bond donors (Lipinski definition) is 2. The van der Waals surface area contributed by atoms with Crippen molar-refractivity contribution in [3.05, 3.63) is 22.8 Å². The first-order valence-corrected chi connectivity index (χ1v) is 5.78. The lowest BCUT2D eigenvalue weighted by atomic mass is 9.76. The van der Waals surface area contributed by atoms with Gasteiger partial charge in [-0.25, -0.2) is 4.98 Å². The van der Waals surface area contributed by atoms with Gasteiger partial charge >= 0.3 is 0 Å². The van der Waals surface area contributed by atoms with Crippen LogP contribution in [-0.2, 0) is 10.2 Å². The highest BCUT2D eigenvalue weighted by molar-refractivity contribution is 6.30. The van der Waals surface area contributed by atoms with Crippen LogP contribution in [-0.4, -0.2) is 24.0 Å². The standard InChI is InChI=1S/C11H12ClN3O/c12-7-4-8-9(14-5-7)15-10(16)11(8)2-1-3-13-6-11/h4-5,13H,1-3,6H2,(H,14,15,16). The minimum Gasteiger partial charge on any atom is -0.315 e. The van der Waals surface area contributed by atoms with Gasteiger partial charge in [0, 0.05) is 18.3 Å². The van der Waals surface area contributed by atoms with Crippen LogP contribution in [0.1, 0.15) is 18.4 Å². The molecule has 1 spiro atoms. The van der Waals surface area contributed by atoms with Gasteiger partial charge in [-0.2, -0.15) is 0 Å². The molecule has 84 valence electrons. The molecule has 1 aromatic heterocycles. The van der Waals surface area contributed by atoms with Gasteiger partial charge in [-0.3, -0.25) is 4.79 Å². The Morgan fingerprint density at radius 3 is 3.12 bits per heavy atom. The summed E-state index contributed by atoms with van der Waals surface area (Å²) in [5, 5.41) is 6.70. The van der Waals surface area contributed by atoms with E-state index < -0.39 is 5.41 Å². The van der Waals surface area contributed by atoms with Crippen molar-refractivity contribution in [3.8, 4) is 0 Å². The van der Waals surface area contributed by atoms with Gasteiger partial charge in [-0.1, -0.05) is 11.6 Å². The van der Waals surface area contributed by atoms with Crippen molar-refractivity contribution in [1.82, 2.24) is 10.3 Å². The molecule has 1 amide bonds. The third-order valence-corrected chi connectivity index (χ3v) is 3.63. The van der Waals surface area contributed by atoms with Crippen LogP contribution in [0.15, 0.2) is 12.3 Å². The Morgan fingerprint density at radius 2 is 2.38 bits per heavy atom. The maximum atomic E-state index is 12.1. The second-order valence-electron chi connectivity index (χ2n) is 4.37. The molecule has 0 aromatic carbocycles. The van der Waals surface area contributed by atoms with E-state index in [2.05, 4.69) is 15.6 Å². The molecule has 0 radical (unpaired) electrons. The van der Waals surface area contributed by atoms with Gasteiger partial charge in [-0.15, -0.1) is 0 Å². The van der Waals surface area contributed by atoms with E-state index in [-0.39, 0.29) is 5.91 Å². The van der Waals surface area contributed by atoms with E-state index in [9.17, 15) is 4.79 Å². The summed E-state index contributed by atoms with van der Waals surface area (Å²) in [7, 11) is 0. The van der Waals surface area contributed by atoms with Gasteiger partial charge in [0.15, 0.2) is 0 Å². The van der Waals surface area contributed by atoms with Crippen molar-refractivity contribution in [3.63, 3.8) is 0 Å². The van der Waals surface area contributed by atoms with E-state index in [0.717, 1.165) is 24.9 Å². The number of carbonyl (C=O) groups excluding carboxylic acids is 1. The maximum absolute atomic E-state index is 12.1. The Labute approximate surface area is 98.4 Å². The topological polar surface area (TPSA) is 54.0 Å². The molecule has 1 aromatic rings. The molecule has 0 saturated carbocycles. The monoisotopic (exact) mass is 237 g/mol. The highest BCUT2D eigenvalue weighted by atomic mass is 35.5. The largest absolute Gasteiger partial charge is 0.315 e. The highest BCUT2D eigenvalue weighted by Crippen LogP contribution is 2.41. The number of anilines is 1. The summed E-state index contributed by atoms with van der Waals surface area (Å²) in [4.78, 5) is 16.3. The predicted octanol–water partition coefficient (Wildman–Crippen LogP) is 1.31. The molecule has 1 saturated heterocycles. The average Bonchev–Trinajstić information content (AvgIpc) is 2.55. The summed E-state index contributed by atoms with van der Waals surface area (Å²) in [5.41, 5.74) is 0.489. The summed E-state index contributed by atoms with van der Waals surface area (Å²) >= 11 is 5.95. The average molecular weight is 238 g/mol. The quantitative estimate of drug-likeness (QED) is 0.715. The lowest BCUT2D eigenvalue weighted by Crippen LogP contribution is -2.47. The van der Waals surface area contributed by atoms with E-state index in [1.165, 1.54) is 0 Å². The Balaban J connectivity index is 2.13. The van der Waals surface area contributed by atoms with Gasteiger partial charge < -0.3 is 10.6 Å². The Morgan fingerprint density at radius 1 is 1.50 bits per heavy atom. The van der Waals surface area contributed by atoms with Crippen molar-refractivity contribution in [1.29, 1.82) is 0 Å². The molecular weight excluding hydrogens is 226 g/mol. The van der Waals surface area contributed by atoms with Crippen LogP contribution in [0.5, 0.6) is 0 Å². The first-order valence-electron chi connectivity index (χ1n) is 5.41. The fourth-order valence-corrected chi connectivity index (χ4v) is 2.74. The fourth-order valence-electron chi connectivity index (χ4n) is 2.58. The molecule has 1 fully saturated rings. The van der Waals surface area contributed by atoms with Crippen LogP contribution < -0.4 is 10.6 Å². The number of hydrogen-bond acceptors (Lipinski definition) is 3. The molecule has 4 nitrogen and oxygen atoms in total. The molecule has 3 heterocycles. The number of rotatable bonds is 0. The third-order valence-electron chi connectivity index (χ3n) is 3.42. The van der Waals surface area contributed by atoms with Crippen molar-refractivity contribution in [2.45, 2.75) is 18.3 Å². The molecule has 0 bridgehead atoms. The van der Waals surface area contributed by atoms with Crippen LogP contribution in [0.3, 0.4) is 0 Å². The lowest BCUT2D eigenvalue weighted by molar-refractivity contribution is -0.121. The van der Waals surface area contributed by atoms with E-state index >= 15 is 0 Å². The number of amides is 1. The molecular formula is C11H12ClN3O. The zero-order valence-corrected chi connectivity index (χ0v) is 9.47. The number of fused-ring (bicyclic) bond motifs is 2. The lowest BCUT2D eigenvalue weighted by Gasteiger charge is -2.31. The van der Waals surface area contributed by atoms with E-state index in [1.807, 2.05) is 6.07 Å². The van der Waals surface area contributed by atoms with E-state index in [1.54, 1.807) is 6.20 Å². The Bertz CT molecular complexity index is 455. The molecule has 2 aliphatic rings. The van der Waals surface area contributed by atoms with Gasteiger partial charge in [0.2, 0.25) is 5.91 Å². The number of nitrogens with one attached hydrogen (secondary N) is 2. The van der Waals surface area contributed by atoms with E-state index in [0.29, 0.717) is 17.4 Å². The number of pyridine rings is 1. The van der Waals surface area contributed by atoms with Gasteiger partial charge in [0.1, 0.15) is 5.82 Å². The molecule has 1 unspecified atom stereocenters. The molecule has 3 rings (SSSR count). The zero-order chi connectivity index (χ0) is 11.2. The maximum Gasteiger partial charge on any atom is 0.237 e. The van der Waals surface area contributed by atoms with Crippen molar-refractivity contribution < 1.29 is 4.79 Å². The number of piperidine rings is 1. The zero-order valence-electron chi connectivity index (χ0n) is 8.72.